The van der Waals surface area contributed by atoms with Crippen molar-refractivity contribution in [3.8, 4) is 0 Å². The first kappa shape index (κ1) is 20.9. The number of carbonyl (C=O) groups excluding carboxylic acids is 2. The molecule has 1 aliphatic rings. The number of hydrogen-bond acceptors (Lipinski definition) is 4. The van der Waals surface area contributed by atoms with E-state index in [0.29, 0.717) is 30.8 Å². The minimum absolute atomic E-state index is 0.0238. The Labute approximate surface area is 171 Å². The second-order valence-corrected chi connectivity index (χ2v) is 8.56. The average molecular weight is 416 g/mol. The number of anilines is 3. The van der Waals surface area contributed by atoms with Crippen molar-refractivity contribution >= 4 is 38.9 Å². The third-order valence-corrected chi connectivity index (χ3v) is 6.23. The van der Waals surface area contributed by atoms with E-state index in [1.807, 2.05) is 13.0 Å². The molecule has 0 saturated heterocycles. The lowest BCUT2D eigenvalue weighted by molar-refractivity contribution is -0.118. The van der Waals surface area contributed by atoms with Crippen LogP contribution in [0.5, 0.6) is 0 Å². The van der Waals surface area contributed by atoms with Crippen LogP contribution >= 0.6 is 0 Å². The number of fused-ring (bicyclic) bond motifs is 1. The maximum atomic E-state index is 12.8. The van der Waals surface area contributed by atoms with Crippen LogP contribution in [-0.2, 0) is 26.0 Å². The molecule has 0 unspecified atom stereocenters. The van der Waals surface area contributed by atoms with Gasteiger partial charge in [-0.15, -0.1) is 0 Å². The van der Waals surface area contributed by atoms with E-state index in [4.69, 9.17) is 0 Å². The number of rotatable bonds is 6. The van der Waals surface area contributed by atoms with Crippen molar-refractivity contribution in [2.75, 3.05) is 21.5 Å². The van der Waals surface area contributed by atoms with Gasteiger partial charge in [0.1, 0.15) is 0 Å². The Bertz CT molecular complexity index is 1020. The predicted molar refractivity (Wildman–Crippen MR) is 114 cm³/mol. The molecule has 0 saturated carbocycles. The van der Waals surface area contributed by atoms with Crippen LogP contribution < -0.4 is 14.9 Å². The molecule has 0 spiro atoms. The molecule has 154 valence electrons. The lowest BCUT2D eigenvalue weighted by atomic mass is 10.0. The second-order valence-electron chi connectivity index (χ2n) is 6.88. The molecule has 1 heterocycles. The van der Waals surface area contributed by atoms with E-state index in [1.165, 1.54) is 12.1 Å². The van der Waals surface area contributed by atoms with Gasteiger partial charge in [0.15, 0.2) is 0 Å². The first-order valence-corrected chi connectivity index (χ1v) is 11.2. The summed E-state index contributed by atoms with van der Waals surface area (Å²) in [5, 5.41) is 2.68. The zero-order chi connectivity index (χ0) is 21.0. The van der Waals surface area contributed by atoms with Gasteiger partial charge in [-0.25, -0.2) is 8.42 Å². The zero-order valence-electron chi connectivity index (χ0n) is 16.6. The number of benzene rings is 2. The summed E-state index contributed by atoms with van der Waals surface area (Å²) < 4.78 is 28.1. The SMILES string of the molecule is CCC(=O)Nc1ccc(S(=O)(=O)Nc2ccc3c(c2)N(C(=O)CC)CCC3)cc1. The molecule has 3 rings (SSSR count). The number of sulfonamides is 1. The predicted octanol–water partition coefficient (Wildman–Crippen LogP) is 3.53. The molecule has 2 aromatic carbocycles. The van der Waals surface area contributed by atoms with Crippen molar-refractivity contribution in [2.24, 2.45) is 0 Å². The van der Waals surface area contributed by atoms with Gasteiger partial charge in [0.05, 0.1) is 10.6 Å². The van der Waals surface area contributed by atoms with Gasteiger partial charge in [0.25, 0.3) is 10.0 Å². The summed E-state index contributed by atoms with van der Waals surface area (Å²) >= 11 is 0. The molecule has 0 aliphatic carbocycles. The van der Waals surface area contributed by atoms with E-state index in [0.717, 1.165) is 24.1 Å². The second kappa shape index (κ2) is 8.65. The first-order valence-electron chi connectivity index (χ1n) is 9.70. The van der Waals surface area contributed by atoms with Crippen molar-refractivity contribution in [3.63, 3.8) is 0 Å². The topological polar surface area (TPSA) is 95.6 Å². The summed E-state index contributed by atoms with van der Waals surface area (Å²) in [4.78, 5) is 25.5. The minimum Gasteiger partial charge on any atom is -0.326 e. The first-order chi connectivity index (χ1) is 13.8. The van der Waals surface area contributed by atoms with Crippen molar-refractivity contribution in [2.45, 2.75) is 44.4 Å². The van der Waals surface area contributed by atoms with E-state index in [-0.39, 0.29) is 16.7 Å². The number of nitrogens with one attached hydrogen (secondary N) is 2. The fourth-order valence-electron chi connectivity index (χ4n) is 3.27. The number of aryl methyl sites for hydroxylation is 1. The Morgan fingerprint density at radius 2 is 1.69 bits per heavy atom. The third-order valence-electron chi connectivity index (χ3n) is 4.83. The van der Waals surface area contributed by atoms with Crippen LogP contribution in [0, 0.1) is 0 Å². The molecule has 0 fully saturated rings. The Hall–Kier alpha value is -2.87. The standard InChI is InChI=1S/C21H25N3O4S/c1-3-20(25)22-16-9-11-18(12-10-16)29(27,28)23-17-8-7-15-6-5-13-24(19(15)14-17)21(26)4-2/h7-12,14,23H,3-6,13H2,1-2H3,(H,22,25). The van der Waals surface area contributed by atoms with Gasteiger partial charge in [0.2, 0.25) is 11.8 Å². The molecular weight excluding hydrogens is 390 g/mol. The molecular formula is C21H25N3O4S. The van der Waals surface area contributed by atoms with E-state index < -0.39 is 10.0 Å². The Morgan fingerprint density at radius 1 is 1.00 bits per heavy atom. The summed E-state index contributed by atoms with van der Waals surface area (Å²) in [5.74, 6) is -0.116. The maximum Gasteiger partial charge on any atom is 0.261 e. The van der Waals surface area contributed by atoms with Crippen LogP contribution in [-0.4, -0.2) is 26.8 Å². The largest absolute Gasteiger partial charge is 0.326 e. The lowest BCUT2D eigenvalue weighted by Gasteiger charge is -2.29. The van der Waals surface area contributed by atoms with Crippen molar-refractivity contribution in [1.29, 1.82) is 0 Å². The van der Waals surface area contributed by atoms with Gasteiger partial charge in [-0.2, -0.15) is 0 Å². The van der Waals surface area contributed by atoms with Gasteiger partial charge >= 0.3 is 0 Å². The fourth-order valence-corrected chi connectivity index (χ4v) is 4.32. The smallest absolute Gasteiger partial charge is 0.261 e. The third kappa shape index (κ3) is 4.76. The molecule has 2 amide bonds. The highest BCUT2D eigenvalue weighted by Crippen LogP contribution is 2.31. The van der Waals surface area contributed by atoms with Crippen molar-refractivity contribution in [1.82, 2.24) is 0 Å². The van der Waals surface area contributed by atoms with Crippen LogP contribution in [0.3, 0.4) is 0 Å². The highest BCUT2D eigenvalue weighted by atomic mass is 32.2. The van der Waals surface area contributed by atoms with E-state index in [9.17, 15) is 18.0 Å². The van der Waals surface area contributed by atoms with Crippen LogP contribution in [0.1, 0.15) is 38.7 Å². The maximum absolute atomic E-state index is 12.8. The quantitative estimate of drug-likeness (QED) is 0.754. The molecule has 2 aromatic rings. The molecule has 8 heteroatoms. The Kier molecular flexibility index (Phi) is 6.22. The molecule has 0 atom stereocenters. The minimum atomic E-state index is -3.80. The normalized spacial score (nSPS) is 13.5. The van der Waals surface area contributed by atoms with Crippen LogP contribution in [0.2, 0.25) is 0 Å². The van der Waals surface area contributed by atoms with Gasteiger partial charge in [-0.3, -0.25) is 14.3 Å². The molecule has 0 radical (unpaired) electrons. The van der Waals surface area contributed by atoms with Crippen molar-refractivity contribution < 1.29 is 18.0 Å². The van der Waals surface area contributed by atoms with Gasteiger partial charge in [0, 0.05) is 30.8 Å². The number of carbonyl (C=O) groups is 2. The average Bonchev–Trinajstić information content (AvgIpc) is 2.72. The summed E-state index contributed by atoms with van der Waals surface area (Å²) in [6.45, 7) is 4.20. The molecule has 29 heavy (non-hydrogen) atoms. The molecule has 1 aliphatic heterocycles. The summed E-state index contributed by atoms with van der Waals surface area (Å²) in [7, 11) is -3.80. The summed E-state index contributed by atoms with van der Waals surface area (Å²) in [6.07, 6.45) is 2.50. The van der Waals surface area contributed by atoms with E-state index in [2.05, 4.69) is 10.0 Å². The highest BCUT2D eigenvalue weighted by molar-refractivity contribution is 7.92. The van der Waals surface area contributed by atoms with Crippen molar-refractivity contribution in [3.05, 3.63) is 48.0 Å². The van der Waals surface area contributed by atoms with E-state index >= 15 is 0 Å². The number of nitrogens with zero attached hydrogens (tertiary/aromatic N) is 1. The number of hydrogen-bond donors (Lipinski definition) is 2. The zero-order valence-corrected chi connectivity index (χ0v) is 17.4. The fraction of sp³-hybridized carbons (Fsp3) is 0.333. The van der Waals surface area contributed by atoms with Gasteiger partial charge < -0.3 is 10.2 Å². The molecule has 0 bridgehead atoms. The summed E-state index contributed by atoms with van der Waals surface area (Å²) in [5.41, 5.74) is 2.75. The van der Waals surface area contributed by atoms with Gasteiger partial charge in [-0.1, -0.05) is 19.9 Å². The molecule has 2 N–H and O–H groups in total. The highest BCUT2D eigenvalue weighted by Gasteiger charge is 2.23. The monoisotopic (exact) mass is 415 g/mol. The Morgan fingerprint density at radius 3 is 2.34 bits per heavy atom. The van der Waals surface area contributed by atoms with Crippen LogP contribution in [0.4, 0.5) is 17.1 Å². The van der Waals surface area contributed by atoms with E-state index in [1.54, 1.807) is 36.1 Å². The lowest BCUT2D eigenvalue weighted by Crippen LogP contribution is -2.35. The Balaban J connectivity index is 1.82. The van der Waals surface area contributed by atoms with Crippen LogP contribution in [0.25, 0.3) is 0 Å². The van der Waals surface area contributed by atoms with Crippen LogP contribution in [0.15, 0.2) is 47.4 Å². The number of amides is 2. The summed E-state index contributed by atoms with van der Waals surface area (Å²) in [6, 6.07) is 11.3. The van der Waals surface area contributed by atoms with Gasteiger partial charge in [-0.05, 0) is 54.8 Å². The molecule has 7 nitrogen and oxygen atoms in total. The molecule has 0 aromatic heterocycles.